The molecule has 0 saturated carbocycles. The highest BCUT2D eigenvalue weighted by Gasteiger charge is 2.15. The van der Waals surface area contributed by atoms with Crippen molar-refractivity contribution in [3.63, 3.8) is 0 Å². The van der Waals surface area contributed by atoms with E-state index in [9.17, 15) is 4.79 Å². The molecule has 3 aromatic rings. The molecule has 2 aromatic carbocycles. The van der Waals surface area contributed by atoms with E-state index in [0.717, 1.165) is 11.1 Å². The van der Waals surface area contributed by atoms with Gasteiger partial charge in [0.2, 0.25) is 5.95 Å². The van der Waals surface area contributed by atoms with Crippen LogP contribution in [0.4, 0.5) is 5.95 Å². The molecule has 0 spiro atoms. The first-order valence-corrected chi connectivity index (χ1v) is 8.22. The molecule has 0 aliphatic rings. The molecule has 6 heteroatoms. The van der Waals surface area contributed by atoms with Gasteiger partial charge in [-0.25, -0.2) is 9.97 Å². The normalized spacial score (nSPS) is 10.4. The van der Waals surface area contributed by atoms with Gasteiger partial charge in [-0.2, -0.15) is 0 Å². The number of aromatic nitrogens is 2. The molecule has 3 rings (SSSR count). The maximum Gasteiger partial charge on any atom is 0.255 e. The predicted octanol–water partition coefficient (Wildman–Crippen LogP) is 3.35. The van der Waals surface area contributed by atoms with Crippen LogP contribution in [0.25, 0.3) is 11.3 Å². The van der Waals surface area contributed by atoms with Gasteiger partial charge in [-0.05, 0) is 18.1 Å². The number of benzene rings is 2. The summed E-state index contributed by atoms with van der Waals surface area (Å²) in [4.78, 5) is 20.7. The van der Waals surface area contributed by atoms with Crippen molar-refractivity contribution in [3.05, 3.63) is 76.9 Å². The second-order valence-electron chi connectivity index (χ2n) is 5.45. The predicted molar refractivity (Wildman–Crippen MR) is 99.4 cm³/mol. The summed E-state index contributed by atoms with van der Waals surface area (Å²) in [6.07, 6.45) is 2.09. The van der Waals surface area contributed by atoms with E-state index < -0.39 is 0 Å². The Morgan fingerprint density at radius 1 is 1.08 bits per heavy atom. The highest BCUT2D eigenvalue weighted by Crippen LogP contribution is 2.21. The van der Waals surface area contributed by atoms with Crippen LogP contribution in [0.1, 0.15) is 15.9 Å². The van der Waals surface area contributed by atoms with Crippen molar-refractivity contribution in [2.75, 3.05) is 12.3 Å². The molecule has 1 aromatic heterocycles. The number of amides is 1. The van der Waals surface area contributed by atoms with Crippen molar-refractivity contribution in [3.8, 4) is 11.3 Å². The molecule has 0 bridgehead atoms. The van der Waals surface area contributed by atoms with Crippen molar-refractivity contribution < 1.29 is 4.79 Å². The molecular formula is C19H17ClN4O. The minimum Gasteiger partial charge on any atom is -0.368 e. The van der Waals surface area contributed by atoms with Crippen LogP contribution in [-0.4, -0.2) is 22.4 Å². The van der Waals surface area contributed by atoms with Crippen LogP contribution in [0, 0.1) is 0 Å². The summed E-state index contributed by atoms with van der Waals surface area (Å²) in [6, 6.07) is 17.0. The van der Waals surface area contributed by atoms with Crippen LogP contribution in [0.15, 0.2) is 60.8 Å². The van der Waals surface area contributed by atoms with E-state index in [1.807, 2.05) is 54.6 Å². The van der Waals surface area contributed by atoms with E-state index in [1.54, 1.807) is 0 Å². The monoisotopic (exact) mass is 352 g/mol. The van der Waals surface area contributed by atoms with Gasteiger partial charge in [0.15, 0.2) is 0 Å². The Bertz CT molecular complexity index is 884. The number of halogens is 1. The number of carbonyl (C=O) groups is 1. The molecule has 0 aliphatic carbocycles. The third kappa shape index (κ3) is 4.14. The average Bonchev–Trinajstić information content (AvgIpc) is 2.64. The van der Waals surface area contributed by atoms with Gasteiger partial charge in [0.25, 0.3) is 5.91 Å². The summed E-state index contributed by atoms with van der Waals surface area (Å²) in [5.74, 6) is -0.114. The number of hydrogen-bond acceptors (Lipinski definition) is 4. The number of nitrogens with zero attached hydrogens (tertiary/aromatic N) is 2. The van der Waals surface area contributed by atoms with E-state index in [4.69, 9.17) is 17.3 Å². The fraction of sp³-hybridized carbons (Fsp3) is 0.105. The average molecular weight is 353 g/mol. The first-order valence-electron chi connectivity index (χ1n) is 7.84. The van der Waals surface area contributed by atoms with E-state index >= 15 is 0 Å². The van der Waals surface area contributed by atoms with Crippen molar-refractivity contribution >= 4 is 23.5 Å². The minimum atomic E-state index is -0.245. The number of anilines is 1. The number of nitrogens with one attached hydrogen (secondary N) is 1. The van der Waals surface area contributed by atoms with Crippen LogP contribution < -0.4 is 11.1 Å². The zero-order valence-corrected chi connectivity index (χ0v) is 14.2. The van der Waals surface area contributed by atoms with Crippen molar-refractivity contribution in [1.82, 2.24) is 15.3 Å². The molecular weight excluding hydrogens is 336 g/mol. The molecule has 0 saturated heterocycles. The Labute approximate surface area is 150 Å². The summed E-state index contributed by atoms with van der Waals surface area (Å²) in [5, 5.41) is 3.58. The largest absolute Gasteiger partial charge is 0.368 e. The number of hydrogen-bond donors (Lipinski definition) is 2. The molecule has 25 heavy (non-hydrogen) atoms. The van der Waals surface area contributed by atoms with Gasteiger partial charge in [-0.15, -0.1) is 0 Å². The third-order valence-corrected chi connectivity index (χ3v) is 4.11. The number of nitrogens with two attached hydrogens (primary N) is 1. The zero-order valence-electron chi connectivity index (χ0n) is 13.4. The highest BCUT2D eigenvalue weighted by molar-refractivity contribution is 6.31. The van der Waals surface area contributed by atoms with Gasteiger partial charge in [-0.3, -0.25) is 4.79 Å². The lowest BCUT2D eigenvalue weighted by Gasteiger charge is -2.10. The first-order chi connectivity index (χ1) is 12.1. The third-order valence-electron chi connectivity index (χ3n) is 3.74. The van der Waals surface area contributed by atoms with Gasteiger partial charge in [0.05, 0.1) is 11.3 Å². The van der Waals surface area contributed by atoms with E-state index in [1.165, 1.54) is 6.20 Å². The standard InChI is InChI=1S/C19H17ClN4O/c20-16-9-5-4-6-13(16)10-11-22-18(25)15-12-23-19(21)24-17(15)14-7-2-1-3-8-14/h1-9,12H,10-11H2,(H,22,25)(H2,21,23,24). The minimum absolute atomic E-state index is 0.131. The molecule has 1 amide bonds. The van der Waals surface area contributed by atoms with Crippen molar-refractivity contribution in [1.29, 1.82) is 0 Å². The topological polar surface area (TPSA) is 80.9 Å². The fourth-order valence-electron chi connectivity index (χ4n) is 2.48. The molecule has 0 atom stereocenters. The Morgan fingerprint density at radius 3 is 2.56 bits per heavy atom. The number of rotatable bonds is 5. The van der Waals surface area contributed by atoms with Crippen molar-refractivity contribution in [2.45, 2.75) is 6.42 Å². The van der Waals surface area contributed by atoms with Gasteiger partial charge >= 0.3 is 0 Å². The second-order valence-corrected chi connectivity index (χ2v) is 5.86. The quantitative estimate of drug-likeness (QED) is 0.737. The lowest BCUT2D eigenvalue weighted by atomic mass is 10.1. The lowest BCUT2D eigenvalue weighted by Crippen LogP contribution is -2.27. The highest BCUT2D eigenvalue weighted by atomic mass is 35.5. The summed E-state index contributed by atoms with van der Waals surface area (Å²) >= 11 is 6.13. The molecule has 5 nitrogen and oxygen atoms in total. The van der Waals surface area contributed by atoms with Crippen LogP contribution in [0.3, 0.4) is 0 Å². The second kappa shape index (κ2) is 7.77. The summed E-state index contributed by atoms with van der Waals surface area (Å²) in [6.45, 7) is 0.459. The summed E-state index contributed by atoms with van der Waals surface area (Å²) < 4.78 is 0. The van der Waals surface area contributed by atoms with Crippen LogP contribution in [0.5, 0.6) is 0 Å². The molecule has 126 valence electrons. The van der Waals surface area contributed by atoms with Crippen molar-refractivity contribution in [2.24, 2.45) is 0 Å². The summed E-state index contributed by atoms with van der Waals surface area (Å²) in [7, 11) is 0. The van der Waals surface area contributed by atoms with Crippen LogP contribution in [-0.2, 0) is 6.42 Å². The van der Waals surface area contributed by atoms with Gasteiger partial charge < -0.3 is 11.1 Å². The molecule has 0 unspecified atom stereocenters. The Kier molecular flexibility index (Phi) is 5.26. The van der Waals surface area contributed by atoms with Gasteiger partial charge in [0, 0.05) is 23.3 Å². The van der Waals surface area contributed by atoms with E-state index in [0.29, 0.717) is 29.2 Å². The zero-order chi connectivity index (χ0) is 17.6. The SMILES string of the molecule is Nc1ncc(C(=O)NCCc2ccccc2Cl)c(-c2ccccc2)n1. The van der Waals surface area contributed by atoms with Crippen LogP contribution >= 0.6 is 11.6 Å². The number of nitrogen functional groups attached to an aromatic ring is 1. The fourth-order valence-corrected chi connectivity index (χ4v) is 2.72. The van der Waals surface area contributed by atoms with E-state index in [2.05, 4.69) is 15.3 Å². The molecule has 0 fully saturated rings. The maximum atomic E-state index is 12.6. The van der Waals surface area contributed by atoms with Gasteiger partial charge in [0.1, 0.15) is 0 Å². The Balaban J connectivity index is 1.75. The molecule has 1 heterocycles. The van der Waals surface area contributed by atoms with Crippen LogP contribution in [0.2, 0.25) is 5.02 Å². The van der Waals surface area contributed by atoms with E-state index in [-0.39, 0.29) is 11.9 Å². The molecule has 0 aliphatic heterocycles. The molecule has 0 radical (unpaired) electrons. The smallest absolute Gasteiger partial charge is 0.255 e. The Morgan fingerprint density at radius 2 is 1.80 bits per heavy atom. The first kappa shape index (κ1) is 16.9. The Hall–Kier alpha value is -2.92. The maximum absolute atomic E-state index is 12.6. The summed E-state index contributed by atoms with van der Waals surface area (Å²) in [5.41, 5.74) is 8.39. The lowest BCUT2D eigenvalue weighted by molar-refractivity contribution is 0.0954. The van der Waals surface area contributed by atoms with Gasteiger partial charge in [-0.1, -0.05) is 60.1 Å². The number of carbonyl (C=O) groups excluding carboxylic acids is 1. The molecule has 3 N–H and O–H groups in total.